The smallest absolute Gasteiger partial charge is 0.0490 e. The Morgan fingerprint density at radius 3 is 2.92 bits per heavy atom. The second-order valence-electron chi connectivity index (χ2n) is 2.67. The van der Waals surface area contributed by atoms with Crippen molar-refractivity contribution in [3.05, 3.63) is 26.6 Å². The summed E-state index contributed by atoms with van der Waals surface area (Å²) in [6.07, 6.45) is 0. The van der Waals surface area contributed by atoms with Crippen molar-refractivity contribution in [2.45, 2.75) is 11.8 Å². The molecular weight excluding hydrogens is 299 g/mol. The van der Waals surface area contributed by atoms with Crippen LogP contribution < -0.4 is 0 Å². The highest BCUT2D eigenvalue weighted by atomic mass is 127. The number of fused-ring (bicyclic) bond motifs is 1. The summed E-state index contributed by atoms with van der Waals surface area (Å²) in [5, 5.41) is 1.33. The molecule has 0 fully saturated rings. The second-order valence-corrected chi connectivity index (χ2v) is 5.49. The van der Waals surface area contributed by atoms with Gasteiger partial charge in [0.05, 0.1) is 0 Å². The molecule has 3 heteroatoms. The van der Waals surface area contributed by atoms with Crippen LogP contribution in [-0.2, 0) is 0 Å². The summed E-state index contributed by atoms with van der Waals surface area (Å²) in [4.78, 5) is 2.44. The normalized spacial score (nSPS) is 10.9. The minimum atomic E-state index is 1.07. The molecule has 2 rings (SSSR count). The zero-order valence-electron chi connectivity index (χ0n) is 6.47. The maximum absolute atomic E-state index is 4.38. The van der Waals surface area contributed by atoms with Crippen LogP contribution in [0.5, 0.6) is 0 Å². The first-order valence-electron chi connectivity index (χ1n) is 3.56. The highest BCUT2D eigenvalue weighted by Crippen LogP contribution is 2.32. The van der Waals surface area contributed by atoms with E-state index in [1.54, 1.807) is 0 Å². The van der Waals surface area contributed by atoms with Crippen molar-refractivity contribution >= 4 is 56.6 Å². The lowest BCUT2D eigenvalue weighted by atomic mass is 10.2. The van der Waals surface area contributed by atoms with Gasteiger partial charge in [0.1, 0.15) is 0 Å². The molecule has 0 N–H and O–H groups in total. The van der Waals surface area contributed by atoms with Gasteiger partial charge in [0.2, 0.25) is 0 Å². The molecule has 0 aliphatic carbocycles. The average molecular weight is 306 g/mol. The Morgan fingerprint density at radius 1 is 1.42 bits per heavy atom. The minimum absolute atomic E-state index is 1.07. The zero-order chi connectivity index (χ0) is 8.72. The first-order chi connectivity index (χ1) is 5.68. The van der Waals surface area contributed by atoms with E-state index in [4.69, 9.17) is 0 Å². The molecule has 0 saturated heterocycles. The van der Waals surface area contributed by atoms with Crippen LogP contribution in [0.4, 0.5) is 0 Å². The number of benzene rings is 1. The van der Waals surface area contributed by atoms with Crippen LogP contribution in [0, 0.1) is 10.5 Å². The predicted molar refractivity (Wildman–Crippen MR) is 66.5 cm³/mol. The fraction of sp³-hybridized carbons (Fsp3) is 0.111. The largest absolute Gasteiger partial charge is 0.142 e. The molecule has 12 heavy (non-hydrogen) atoms. The van der Waals surface area contributed by atoms with Gasteiger partial charge in [-0.1, -0.05) is 6.07 Å². The highest BCUT2D eigenvalue weighted by Gasteiger charge is 2.04. The van der Waals surface area contributed by atoms with Gasteiger partial charge in [0.15, 0.2) is 0 Å². The van der Waals surface area contributed by atoms with Crippen molar-refractivity contribution in [1.82, 2.24) is 0 Å². The summed E-state index contributed by atoms with van der Waals surface area (Å²) < 4.78 is 2.63. The molecule has 0 saturated carbocycles. The third kappa shape index (κ3) is 1.38. The molecule has 1 aromatic heterocycles. The van der Waals surface area contributed by atoms with E-state index in [1.807, 2.05) is 11.3 Å². The van der Waals surface area contributed by atoms with Gasteiger partial charge >= 0.3 is 0 Å². The van der Waals surface area contributed by atoms with Crippen LogP contribution in [-0.4, -0.2) is 0 Å². The fourth-order valence-corrected chi connectivity index (χ4v) is 3.22. The molecule has 0 aliphatic rings. The first kappa shape index (κ1) is 8.84. The lowest BCUT2D eigenvalue weighted by Gasteiger charge is -1.96. The Morgan fingerprint density at radius 2 is 2.17 bits per heavy atom. The highest BCUT2D eigenvalue weighted by molar-refractivity contribution is 14.1. The number of thiophene rings is 1. The molecule has 0 nitrogen and oxygen atoms in total. The minimum Gasteiger partial charge on any atom is -0.142 e. The third-order valence-electron chi connectivity index (χ3n) is 1.73. The van der Waals surface area contributed by atoms with E-state index in [-0.39, 0.29) is 0 Å². The molecule has 0 radical (unpaired) electrons. The second kappa shape index (κ2) is 3.20. The molecule has 0 spiro atoms. The quantitative estimate of drug-likeness (QED) is 0.550. The predicted octanol–water partition coefficient (Wildman–Crippen LogP) is 4.10. The molecule has 0 amide bonds. The summed E-state index contributed by atoms with van der Waals surface area (Å²) in [5.41, 5.74) is 0. The molecule has 0 bridgehead atoms. The average Bonchev–Trinajstić information content (AvgIpc) is 2.39. The van der Waals surface area contributed by atoms with Crippen molar-refractivity contribution in [3.8, 4) is 0 Å². The molecule has 0 atom stereocenters. The van der Waals surface area contributed by atoms with Crippen LogP contribution in [0.1, 0.15) is 4.88 Å². The van der Waals surface area contributed by atoms with Gasteiger partial charge in [0.25, 0.3) is 0 Å². The lowest BCUT2D eigenvalue weighted by Crippen LogP contribution is -1.73. The van der Waals surface area contributed by atoms with Gasteiger partial charge in [-0.2, -0.15) is 0 Å². The molecular formula is C9H7IS2. The topological polar surface area (TPSA) is 0 Å². The molecule has 1 aromatic carbocycles. The van der Waals surface area contributed by atoms with E-state index >= 15 is 0 Å². The monoisotopic (exact) mass is 306 g/mol. The van der Waals surface area contributed by atoms with Gasteiger partial charge in [0, 0.05) is 18.0 Å². The van der Waals surface area contributed by atoms with Gasteiger partial charge in [-0.25, -0.2) is 0 Å². The van der Waals surface area contributed by atoms with Crippen molar-refractivity contribution in [1.29, 1.82) is 0 Å². The third-order valence-corrected chi connectivity index (χ3v) is 5.10. The van der Waals surface area contributed by atoms with Gasteiger partial charge in [-0.05, 0) is 47.0 Å². The van der Waals surface area contributed by atoms with Crippen molar-refractivity contribution in [3.63, 3.8) is 0 Å². The Hall–Kier alpha value is 0.260. The summed E-state index contributed by atoms with van der Waals surface area (Å²) in [6, 6.07) is 6.40. The van der Waals surface area contributed by atoms with E-state index in [2.05, 4.69) is 60.3 Å². The van der Waals surface area contributed by atoms with Gasteiger partial charge in [-0.15, -0.1) is 24.0 Å². The standard InChI is InChI=1S/C9H7IS2/c1-5-4-6-2-3-7(11)8(10)9(6)12-5/h2-4,11H,1H3. The van der Waals surface area contributed by atoms with Crippen LogP contribution in [0.15, 0.2) is 23.1 Å². The van der Waals surface area contributed by atoms with E-state index in [0.717, 1.165) is 4.90 Å². The lowest BCUT2D eigenvalue weighted by molar-refractivity contribution is 1.48. The Balaban J connectivity index is 2.89. The van der Waals surface area contributed by atoms with E-state index in [9.17, 15) is 0 Å². The maximum atomic E-state index is 4.38. The van der Waals surface area contributed by atoms with Crippen LogP contribution in [0.2, 0.25) is 0 Å². The first-order valence-corrected chi connectivity index (χ1v) is 5.90. The van der Waals surface area contributed by atoms with E-state index in [0.29, 0.717) is 0 Å². The Bertz CT molecular complexity index is 431. The number of halogens is 1. The zero-order valence-corrected chi connectivity index (χ0v) is 10.3. The molecule has 0 aliphatic heterocycles. The number of hydrogen-bond donors (Lipinski definition) is 1. The number of hydrogen-bond acceptors (Lipinski definition) is 2. The summed E-state index contributed by atoms with van der Waals surface area (Å²) in [7, 11) is 0. The van der Waals surface area contributed by atoms with Crippen molar-refractivity contribution < 1.29 is 0 Å². The fourth-order valence-electron chi connectivity index (χ4n) is 1.19. The molecule has 0 unspecified atom stereocenters. The van der Waals surface area contributed by atoms with E-state index in [1.165, 1.54) is 18.5 Å². The number of thiol groups is 1. The summed E-state index contributed by atoms with van der Waals surface area (Å²) in [5.74, 6) is 0. The molecule has 2 aromatic rings. The van der Waals surface area contributed by atoms with Crippen LogP contribution in [0.3, 0.4) is 0 Å². The number of rotatable bonds is 0. The van der Waals surface area contributed by atoms with Gasteiger partial charge in [-0.3, -0.25) is 0 Å². The van der Waals surface area contributed by atoms with Crippen LogP contribution in [0.25, 0.3) is 10.1 Å². The summed E-state index contributed by atoms with van der Waals surface area (Å²) in [6.45, 7) is 2.14. The van der Waals surface area contributed by atoms with Crippen molar-refractivity contribution in [2.24, 2.45) is 0 Å². The molecule has 62 valence electrons. The molecule has 1 heterocycles. The Kier molecular flexibility index (Phi) is 2.35. The SMILES string of the molecule is Cc1cc2ccc(S)c(I)c2s1. The maximum Gasteiger partial charge on any atom is 0.0490 e. The Labute approximate surface area is 94.5 Å². The van der Waals surface area contributed by atoms with Crippen molar-refractivity contribution in [2.75, 3.05) is 0 Å². The number of aryl methyl sites for hydroxylation is 1. The van der Waals surface area contributed by atoms with E-state index < -0.39 is 0 Å². The van der Waals surface area contributed by atoms with Gasteiger partial charge < -0.3 is 0 Å². The summed E-state index contributed by atoms with van der Waals surface area (Å²) >= 11 is 8.57. The van der Waals surface area contributed by atoms with Crippen LogP contribution >= 0.6 is 46.6 Å².